The summed E-state index contributed by atoms with van der Waals surface area (Å²) in [5.74, 6) is 0.229. The smallest absolute Gasteiger partial charge is 0.171 e. The van der Waals surface area contributed by atoms with Gasteiger partial charge in [0.05, 0.1) is 5.69 Å². The van der Waals surface area contributed by atoms with E-state index in [0.29, 0.717) is 16.7 Å². The fraction of sp³-hybridized carbons (Fsp3) is 0.533. The van der Waals surface area contributed by atoms with E-state index in [0.717, 1.165) is 12.8 Å². The van der Waals surface area contributed by atoms with Gasteiger partial charge in [-0.15, -0.1) is 0 Å². The van der Waals surface area contributed by atoms with Crippen molar-refractivity contribution in [2.24, 2.45) is 5.92 Å². The van der Waals surface area contributed by atoms with Crippen molar-refractivity contribution < 1.29 is 4.39 Å². The predicted octanol–water partition coefficient (Wildman–Crippen LogP) is 4.08. The standard InChI is InChI=1S/C15H21FN2S/c1-11(2)15(9-5-6-10-15)18-14(19)17-13-8-4-3-7-12(13)16/h3-4,7-8,11H,5-6,9-10H2,1-2H3,(H2,17,18,19). The summed E-state index contributed by atoms with van der Waals surface area (Å²) < 4.78 is 13.6. The van der Waals surface area contributed by atoms with Crippen molar-refractivity contribution in [3.05, 3.63) is 30.1 Å². The minimum Gasteiger partial charge on any atom is -0.357 e. The Bertz CT molecular complexity index is 453. The summed E-state index contributed by atoms with van der Waals surface area (Å²) >= 11 is 5.33. The molecule has 0 bridgehead atoms. The lowest BCUT2D eigenvalue weighted by Gasteiger charge is -2.35. The van der Waals surface area contributed by atoms with Crippen molar-refractivity contribution in [3.8, 4) is 0 Å². The van der Waals surface area contributed by atoms with Gasteiger partial charge in [0.2, 0.25) is 0 Å². The van der Waals surface area contributed by atoms with Crippen molar-refractivity contribution >= 4 is 23.0 Å². The maximum Gasteiger partial charge on any atom is 0.171 e. The summed E-state index contributed by atoms with van der Waals surface area (Å²) in [6.45, 7) is 4.42. The van der Waals surface area contributed by atoms with E-state index in [2.05, 4.69) is 24.5 Å². The lowest BCUT2D eigenvalue weighted by Crippen LogP contribution is -2.51. The number of para-hydroxylation sites is 1. The number of nitrogens with one attached hydrogen (secondary N) is 2. The fourth-order valence-corrected chi connectivity index (χ4v) is 3.11. The van der Waals surface area contributed by atoms with E-state index in [-0.39, 0.29) is 11.4 Å². The molecule has 104 valence electrons. The molecule has 4 heteroatoms. The normalized spacial score (nSPS) is 17.5. The molecule has 2 N–H and O–H groups in total. The van der Waals surface area contributed by atoms with Gasteiger partial charge in [-0.2, -0.15) is 0 Å². The number of halogens is 1. The molecule has 0 aliphatic heterocycles. The van der Waals surface area contributed by atoms with Gasteiger partial charge in [0.15, 0.2) is 5.11 Å². The molecule has 0 unspecified atom stereocenters. The summed E-state index contributed by atoms with van der Waals surface area (Å²) in [5, 5.41) is 6.90. The zero-order valence-corrected chi connectivity index (χ0v) is 12.3. The highest BCUT2D eigenvalue weighted by Crippen LogP contribution is 2.35. The number of rotatable bonds is 3. The molecular weight excluding hydrogens is 259 g/mol. The molecule has 19 heavy (non-hydrogen) atoms. The number of thiocarbonyl (C=S) groups is 1. The molecule has 0 saturated heterocycles. The Morgan fingerprint density at radius 2 is 1.89 bits per heavy atom. The minimum absolute atomic E-state index is 0.0648. The third kappa shape index (κ3) is 3.24. The Balaban J connectivity index is 2.03. The van der Waals surface area contributed by atoms with E-state index in [1.54, 1.807) is 18.2 Å². The second-order valence-corrected chi connectivity index (χ2v) is 5.99. The van der Waals surface area contributed by atoms with Gasteiger partial charge in [0, 0.05) is 5.54 Å². The summed E-state index contributed by atoms with van der Waals surface area (Å²) in [7, 11) is 0. The Kier molecular flexibility index (Phi) is 4.40. The van der Waals surface area contributed by atoms with Gasteiger partial charge in [0.25, 0.3) is 0 Å². The molecule has 1 fully saturated rings. The van der Waals surface area contributed by atoms with Gasteiger partial charge >= 0.3 is 0 Å². The number of anilines is 1. The third-order valence-corrected chi connectivity index (χ3v) is 4.29. The monoisotopic (exact) mass is 280 g/mol. The number of hydrogen-bond acceptors (Lipinski definition) is 1. The number of hydrogen-bond donors (Lipinski definition) is 2. The summed E-state index contributed by atoms with van der Waals surface area (Å²) in [6, 6.07) is 6.59. The molecular formula is C15H21FN2S. The Labute approximate surface area is 119 Å². The predicted molar refractivity (Wildman–Crippen MR) is 81.8 cm³/mol. The van der Waals surface area contributed by atoms with E-state index in [9.17, 15) is 4.39 Å². The fourth-order valence-electron chi connectivity index (χ4n) is 2.79. The molecule has 1 aromatic rings. The number of benzene rings is 1. The van der Waals surface area contributed by atoms with E-state index in [1.165, 1.54) is 18.9 Å². The van der Waals surface area contributed by atoms with Crippen molar-refractivity contribution in [2.45, 2.75) is 45.1 Å². The van der Waals surface area contributed by atoms with Gasteiger partial charge in [0.1, 0.15) is 5.82 Å². The molecule has 0 amide bonds. The van der Waals surface area contributed by atoms with Crippen LogP contribution in [0.15, 0.2) is 24.3 Å². The topological polar surface area (TPSA) is 24.1 Å². The molecule has 1 aliphatic carbocycles. The van der Waals surface area contributed by atoms with Crippen LogP contribution in [0.2, 0.25) is 0 Å². The van der Waals surface area contributed by atoms with Crippen molar-refractivity contribution in [3.63, 3.8) is 0 Å². The van der Waals surface area contributed by atoms with Crippen molar-refractivity contribution in [1.29, 1.82) is 0 Å². The largest absolute Gasteiger partial charge is 0.357 e. The molecule has 1 saturated carbocycles. The van der Waals surface area contributed by atoms with E-state index in [4.69, 9.17) is 12.2 Å². The van der Waals surface area contributed by atoms with Gasteiger partial charge in [-0.05, 0) is 43.1 Å². The molecule has 2 nitrogen and oxygen atoms in total. The van der Waals surface area contributed by atoms with Crippen LogP contribution < -0.4 is 10.6 Å². The summed E-state index contributed by atoms with van der Waals surface area (Å²) in [6.07, 6.45) is 4.72. The lowest BCUT2D eigenvalue weighted by atomic mass is 9.85. The Morgan fingerprint density at radius 1 is 1.26 bits per heavy atom. The van der Waals surface area contributed by atoms with Crippen LogP contribution in [-0.4, -0.2) is 10.7 Å². The first-order valence-corrected chi connectivity index (χ1v) is 7.28. The quantitative estimate of drug-likeness (QED) is 0.816. The Hall–Kier alpha value is -1.16. The molecule has 0 aromatic heterocycles. The average molecular weight is 280 g/mol. The highest BCUT2D eigenvalue weighted by Gasteiger charge is 2.37. The van der Waals surface area contributed by atoms with Gasteiger partial charge in [-0.1, -0.05) is 38.8 Å². The molecule has 0 heterocycles. The maximum absolute atomic E-state index is 13.6. The van der Waals surface area contributed by atoms with Crippen LogP contribution in [0.4, 0.5) is 10.1 Å². The van der Waals surface area contributed by atoms with Crippen molar-refractivity contribution in [2.75, 3.05) is 5.32 Å². The van der Waals surface area contributed by atoms with Crippen LogP contribution in [0.5, 0.6) is 0 Å². The molecule has 1 aromatic carbocycles. The van der Waals surface area contributed by atoms with Crippen molar-refractivity contribution in [1.82, 2.24) is 5.32 Å². The first-order valence-electron chi connectivity index (χ1n) is 6.87. The maximum atomic E-state index is 13.6. The minimum atomic E-state index is -0.281. The van der Waals surface area contributed by atoms with Gasteiger partial charge in [-0.3, -0.25) is 0 Å². The van der Waals surface area contributed by atoms with Crippen LogP contribution >= 0.6 is 12.2 Å². The van der Waals surface area contributed by atoms with Crippen LogP contribution in [0.1, 0.15) is 39.5 Å². The lowest BCUT2D eigenvalue weighted by molar-refractivity contribution is 0.283. The molecule has 0 spiro atoms. The summed E-state index contributed by atoms with van der Waals surface area (Å²) in [4.78, 5) is 0. The van der Waals surface area contributed by atoms with Gasteiger partial charge in [-0.25, -0.2) is 4.39 Å². The average Bonchev–Trinajstić information content (AvgIpc) is 2.82. The summed E-state index contributed by atoms with van der Waals surface area (Å²) in [5.41, 5.74) is 0.493. The molecule has 0 atom stereocenters. The van der Waals surface area contributed by atoms with Crippen LogP contribution in [-0.2, 0) is 0 Å². The van der Waals surface area contributed by atoms with Gasteiger partial charge < -0.3 is 10.6 Å². The first-order chi connectivity index (χ1) is 9.03. The van der Waals surface area contributed by atoms with E-state index >= 15 is 0 Å². The molecule has 0 radical (unpaired) electrons. The molecule has 1 aliphatic rings. The van der Waals surface area contributed by atoms with Crippen LogP contribution in [0, 0.1) is 11.7 Å². The highest BCUT2D eigenvalue weighted by atomic mass is 32.1. The first kappa shape index (κ1) is 14.3. The second-order valence-electron chi connectivity index (χ2n) is 5.58. The Morgan fingerprint density at radius 3 is 2.47 bits per heavy atom. The van der Waals surface area contributed by atoms with Crippen LogP contribution in [0.25, 0.3) is 0 Å². The SMILES string of the molecule is CC(C)C1(NC(=S)Nc2ccccc2F)CCCC1. The highest BCUT2D eigenvalue weighted by molar-refractivity contribution is 7.80. The van der Waals surface area contributed by atoms with E-state index < -0.39 is 0 Å². The van der Waals surface area contributed by atoms with Crippen LogP contribution in [0.3, 0.4) is 0 Å². The zero-order chi connectivity index (χ0) is 13.9. The second kappa shape index (κ2) is 5.87. The zero-order valence-electron chi connectivity index (χ0n) is 11.5. The van der Waals surface area contributed by atoms with E-state index in [1.807, 2.05) is 0 Å². The third-order valence-electron chi connectivity index (χ3n) is 4.09. The molecule has 2 rings (SSSR count).